The quantitative estimate of drug-likeness (QED) is 0.881. The molecule has 1 amide bonds. The molecule has 0 bridgehead atoms. The molecule has 2 rings (SSSR count). The van der Waals surface area contributed by atoms with Gasteiger partial charge in [-0.15, -0.1) is 11.3 Å². The maximum atomic E-state index is 11.8. The Hall–Kier alpha value is -2.19. The lowest BCUT2D eigenvalue weighted by Crippen LogP contribution is -2.09. The van der Waals surface area contributed by atoms with Crippen molar-refractivity contribution in [3.8, 4) is 6.07 Å². The normalized spacial score (nSPS) is 9.65. The highest BCUT2D eigenvalue weighted by Crippen LogP contribution is 2.15. The van der Waals surface area contributed by atoms with Crippen LogP contribution < -0.4 is 5.32 Å². The molecule has 0 aliphatic rings. The summed E-state index contributed by atoms with van der Waals surface area (Å²) >= 11 is 1.35. The number of carbonyl (C=O) groups is 1. The minimum Gasteiger partial charge on any atom is -0.321 e. The van der Waals surface area contributed by atoms with Gasteiger partial charge in [0.05, 0.1) is 22.8 Å². The second kappa shape index (κ2) is 4.76. The molecule has 0 saturated carbocycles. The first kappa shape index (κ1) is 11.3. The molecule has 1 N–H and O–H groups in total. The third-order valence-electron chi connectivity index (χ3n) is 2.12. The summed E-state index contributed by atoms with van der Waals surface area (Å²) in [5.74, 6) is -0.180. The number of carbonyl (C=O) groups excluding carboxylic acids is 1. The molecule has 0 atom stereocenters. The van der Waals surface area contributed by atoms with Crippen LogP contribution in [0, 0.1) is 18.3 Å². The van der Waals surface area contributed by atoms with Crippen molar-refractivity contribution < 1.29 is 4.79 Å². The summed E-state index contributed by atoms with van der Waals surface area (Å²) in [6.07, 6.45) is 1.55. The van der Waals surface area contributed by atoms with E-state index in [1.54, 1.807) is 30.5 Å². The highest BCUT2D eigenvalue weighted by molar-refractivity contribution is 7.13. The zero-order chi connectivity index (χ0) is 12.3. The zero-order valence-electron chi connectivity index (χ0n) is 9.10. The summed E-state index contributed by atoms with van der Waals surface area (Å²) in [5.41, 5.74) is 1.23. The Balaban J connectivity index is 2.11. The zero-order valence-corrected chi connectivity index (χ0v) is 9.91. The molecule has 0 unspecified atom stereocenters. The molecular weight excluding hydrogens is 234 g/mol. The fourth-order valence-electron chi connectivity index (χ4n) is 1.29. The van der Waals surface area contributed by atoms with Gasteiger partial charge >= 0.3 is 0 Å². The Morgan fingerprint density at radius 1 is 1.41 bits per heavy atom. The van der Waals surface area contributed by atoms with Crippen LogP contribution >= 0.6 is 11.3 Å². The lowest BCUT2D eigenvalue weighted by atomic mass is 10.2. The number of rotatable bonds is 2. The first-order valence-electron chi connectivity index (χ1n) is 4.93. The molecule has 4 nitrogen and oxygen atoms in total. The second-order valence-corrected chi connectivity index (χ2v) is 4.62. The van der Waals surface area contributed by atoms with E-state index < -0.39 is 0 Å². The Kier molecular flexibility index (Phi) is 3.17. The SMILES string of the molecule is Cc1ncc(C(=O)Nc2ccc(C#N)cc2)s1. The molecule has 0 aliphatic heterocycles. The number of nitriles is 1. The van der Waals surface area contributed by atoms with E-state index in [2.05, 4.69) is 10.3 Å². The van der Waals surface area contributed by atoms with Crippen molar-refractivity contribution >= 4 is 22.9 Å². The van der Waals surface area contributed by atoms with Crippen molar-refractivity contribution in [2.24, 2.45) is 0 Å². The lowest BCUT2D eigenvalue weighted by Gasteiger charge is -2.02. The van der Waals surface area contributed by atoms with E-state index >= 15 is 0 Å². The number of hydrogen-bond donors (Lipinski definition) is 1. The molecule has 0 radical (unpaired) electrons. The van der Waals surface area contributed by atoms with Crippen LogP contribution in [0.1, 0.15) is 20.2 Å². The highest BCUT2D eigenvalue weighted by atomic mass is 32.1. The lowest BCUT2D eigenvalue weighted by molar-refractivity contribution is 0.103. The fraction of sp³-hybridized carbons (Fsp3) is 0.0833. The summed E-state index contributed by atoms with van der Waals surface area (Å²) in [4.78, 5) is 16.4. The third kappa shape index (κ3) is 2.68. The summed E-state index contributed by atoms with van der Waals surface area (Å²) < 4.78 is 0. The minimum atomic E-state index is -0.180. The van der Waals surface area contributed by atoms with Gasteiger partial charge in [0.25, 0.3) is 5.91 Å². The van der Waals surface area contributed by atoms with Crippen LogP contribution in [0.15, 0.2) is 30.5 Å². The molecule has 0 spiro atoms. The van der Waals surface area contributed by atoms with E-state index in [-0.39, 0.29) is 5.91 Å². The van der Waals surface area contributed by atoms with Crippen molar-refractivity contribution in [3.05, 3.63) is 45.9 Å². The first-order chi connectivity index (χ1) is 8.19. The van der Waals surface area contributed by atoms with Crippen molar-refractivity contribution in [3.63, 3.8) is 0 Å². The van der Waals surface area contributed by atoms with Crippen molar-refractivity contribution in [1.82, 2.24) is 4.98 Å². The molecule has 2 aromatic rings. The van der Waals surface area contributed by atoms with Gasteiger partial charge in [0.15, 0.2) is 0 Å². The van der Waals surface area contributed by atoms with Gasteiger partial charge in [-0.25, -0.2) is 4.98 Å². The average molecular weight is 243 g/mol. The minimum absolute atomic E-state index is 0.180. The van der Waals surface area contributed by atoms with Crippen LogP contribution in [-0.2, 0) is 0 Å². The summed E-state index contributed by atoms with van der Waals surface area (Å²) in [6.45, 7) is 1.85. The number of anilines is 1. The molecule has 0 aliphatic carbocycles. The van der Waals surface area contributed by atoms with E-state index in [0.717, 1.165) is 5.01 Å². The maximum absolute atomic E-state index is 11.8. The van der Waals surface area contributed by atoms with Crippen molar-refractivity contribution in [2.45, 2.75) is 6.92 Å². The number of benzene rings is 1. The van der Waals surface area contributed by atoms with E-state index in [0.29, 0.717) is 16.1 Å². The van der Waals surface area contributed by atoms with Gasteiger partial charge in [-0.2, -0.15) is 5.26 Å². The van der Waals surface area contributed by atoms with Crippen LogP contribution in [-0.4, -0.2) is 10.9 Å². The molecule has 17 heavy (non-hydrogen) atoms. The molecule has 0 fully saturated rings. The van der Waals surface area contributed by atoms with Crippen molar-refractivity contribution in [2.75, 3.05) is 5.32 Å². The largest absolute Gasteiger partial charge is 0.321 e. The molecule has 0 saturated heterocycles. The fourth-order valence-corrected chi connectivity index (χ4v) is 1.96. The number of aryl methyl sites for hydroxylation is 1. The van der Waals surface area contributed by atoms with Crippen LogP contribution in [0.2, 0.25) is 0 Å². The molecule has 5 heteroatoms. The number of hydrogen-bond acceptors (Lipinski definition) is 4. The molecule has 1 heterocycles. The number of nitrogens with zero attached hydrogens (tertiary/aromatic N) is 2. The van der Waals surface area contributed by atoms with Gasteiger partial charge < -0.3 is 5.32 Å². The van der Waals surface area contributed by atoms with Crippen LogP contribution in [0.5, 0.6) is 0 Å². The van der Waals surface area contributed by atoms with E-state index in [4.69, 9.17) is 5.26 Å². The Bertz CT molecular complexity index is 581. The Labute approximate surface area is 103 Å². The van der Waals surface area contributed by atoms with Gasteiger partial charge in [-0.1, -0.05) is 0 Å². The van der Waals surface area contributed by atoms with Crippen LogP contribution in [0.25, 0.3) is 0 Å². The van der Waals surface area contributed by atoms with Gasteiger partial charge in [0.1, 0.15) is 4.88 Å². The van der Waals surface area contributed by atoms with Gasteiger partial charge in [-0.3, -0.25) is 4.79 Å². The molecule has 1 aromatic carbocycles. The van der Waals surface area contributed by atoms with Gasteiger partial charge in [0, 0.05) is 5.69 Å². The first-order valence-corrected chi connectivity index (χ1v) is 5.74. The van der Waals surface area contributed by atoms with Crippen molar-refractivity contribution in [1.29, 1.82) is 5.26 Å². The summed E-state index contributed by atoms with van der Waals surface area (Å²) in [5, 5.41) is 12.2. The Morgan fingerprint density at radius 2 is 2.12 bits per heavy atom. The molecule has 1 aromatic heterocycles. The number of nitrogens with one attached hydrogen (secondary N) is 1. The Morgan fingerprint density at radius 3 is 2.65 bits per heavy atom. The van der Waals surface area contributed by atoms with E-state index in [1.807, 2.05) is 13.0 Å². The molecular formula is C12H9N3OS. The maximum Gasteiger partial charge on any atom is 0.267 e. The predicted molar refractivity (Wildman–Crippen MR) is 66.0 cm³/mol. The standard InChI is InChI=1S/C12H9N3OS/c1-8-14-7-11(17-8)12(16)15-10-4-2-9(6-13)3-5-10/h2-5,7H,1H3,(H,15,16). The average Bonchev–Trinajstić information content (AvgIpc) is 2.77. The molecule has 84 valence electrons. The number of aromatic nitrogens is 1. The summed E-state index contributed by atoms with van der Waals surface area (Å²) in [7, 11) is 0. The predicted octanol–water partition coefficient (Wildman–Crippen LogP) is 2.58. The van der Waals surface area contributed by atoms with Gasteiger partial charge in [-0.05, 0) is 31.2 Å². The van der Waals surface area contributed by atoms with Crippen LogP contribution in [0.4, 0.5) is 5.69 Å². The second-order valence-electron chi connectivity index (χ2n) is 3.39. The monoisotopic (exact) mass is 243 g/mol. The third-order valence-corrected chi connectivity index (χ3v) is 3.03. The number of thiazole rings is 1. The smallest absolute Gasteiger partial charge is 0.267 e. The highest BCUT2D eigenvalue weighted by Gasteiger charge is 2.08. The van der Waals surface area contributed by atoms with E-state index in [9.17, 15) is 4.79 Å². The summed E-state index contributed by atoms with van der Waals surface area (Å²) in [6, 6.07) is 8.74. The number of amides is 1. The topological polar surface area (TPSA) is 65.8 Å². The van der Waals surface area contributed by atoms with E-state index in [1.165, 1.54) is 11.3 Å². The van der Waals surface area contributed by atoms with Gasteiger partial charge in [0.2, 0.25) is 0 Å². The van der Waals surface area contributed by atoms with Crippen LogP contribution in [0.3, 0.4) is 0 Å².